The first-order valence-corrected chi connectivity index (χ1v) is 7.07. The minimum Gasteiger partial charge on any atom is -0.404 e. The standard InChI is InChI=1S/C16H13N5O3/c22-15-14(8-13(20-21-15)12-3-6-17-7-4-12)24-16(23)19-10-11-2-1-5-18-9-11/h1-9H,10H2,(H,19,23)(H,21,22). The number of carbonyl (C=O) groups is 1. The van der Waals surface area contributed by atoms with Crippen molar-refractivity contribution in [2.24, 2.45) is 0 Å². The molecule has 0 saturated carbocycles. The molecule has 1 amide bonds. The molecule has 0 aliphatic rings. The van der Waals surface area contributed by atoms with Crippen molar-refractivity contribution in [3.8, 4) is 17.0 Å². The lowest BCUT2D eigenvalue weighted by molar-refractivity contribution is 0.199. The minimum atomic E-state index is -0.740. The van der Waals surface area contributed by atoms with Crippen LogP contribution in [0.25, 0.3) is 11.3 Å². The predicted octanol–water partition coefficient (Wildman–Crippen LogP) is 1.52. The second kappa shape index (κ2) is 7.14. The summed E-state index contributed by atoms with van der Waals surface area (Å²) in [6.07, 6.45) is 5.73. The van der Waals surface area contributed by atoms with Gasteiger partial charge in [-0.05, 0) is 23.8 Å². The number of aromatic nitrogens is 4. The average Bonchev–Trinajstić information content (AvgIpc) is 2.63. The number of nitrogens with zero attached hydrogens (tertiary/aromatic N) is 3. The molecule has 3 aromatic rings. The molecule has 0 spiro atoms. The van der Waals surface area contributed by atoms with Crippen LogP contribution in [0.1, 0.15) is 5.56 Å². The number of carbonyl (C=O) groups excluding carboxylic acids is 1. The summed E-state index contributed by atoms with van der Waals surface area (Å²) in [6, 6.07) is 8.43. The highest BCUT2D eigenvalue weighted by Crippen LogP contribution is 2.17. The Morgan fingerprint density at radius 1 is 1.17 bits per heavy atom. The van der Waals surface area contributed by atoms with E-state index < -0.39 is 11.7 Å². The Balaban J connectivity index is 1.70. The molecule has 0 aliphatic carbocycles. The molecular formula is C16H13N5O3. The molecule has 0 aromatic carbocycles. The van der Waals surface area contributed by atoms with Crippen LogP contribution in [-0.2, 0) is 6.54 Å². The average molecular weight is 323 g/mol. The minimum absolute atomic E-state index is 0.138. The van der Waals surface area contributed by atoms with E-state index in [1.165, 1.54) is 6.07 Å². The number of amides is 1. The molecule has 0 bridgehead atoms. The lowest BCUT2D eigenvalue weighted by atomic mass is 10.2. The van der Waals surface area contributed by atoms with Crippen LogP contribution in [0.2, 0.25) is 0 Å². The molecule has 2 N–H and O–H groups in total. The Bertz CT molecular complexity index is 881. The van der Waals surface area contributed by atoms with Crippen molar-refractivity contribution in [1.29, 1.82) is 0 Å². The maximum Gasteiger partial charge on any atom is 0.413 e. The summed E-state index contributed by atoms with van der Waals surface area (Å²) >= 11 is 0. The molecule has 3 rings (SSSR count). The monoisotopic (exact) mass is 323 g/mol. The molecule has 8 nitrogen and oxygen atoms in total. The topological polar surface area (TPSA) is 110 Å². The second-order valence-corrected chi connectivity index (χ2v) is 4.79. The molecular weight excluding hydrogens is 310 g/mol. The molecule has 0 aliphatic heterocycles. The van der Waals surface area contributed by atoms with Gasteiger partial charge in [-0.1, -0.05) is 6.07 Å². The Kier molecular flexibility index (Phi) is 4.57. The quantitative estimate of drug-likeness (QED) is 0.753. The molecule has 0 unspecified atom stereocenters. The summed E-state index contributed by atoms with van der Waals surface area (Å²) in [5.41, 5.74) is 1.42. The zero-order chi connectivity index (χ0) is 16.8. The molecule has 0 atom stereocenters. The highest BCUT2D eigenvalue weighted by atomic mass is 16.6. The van der Waals surface area contributed by atoms with Gasteiger partial charge >= 0.3 is 11.7 Å². The van der Waals surface area contributed by atoms with E-state index in [9.17, 15) is 9.59 Å². The van der Waals surface area contributed by atoms with E-state index in [2.05, 4.69) is 25.5 Å². The lowest BCUT2D eigenvalue weighted by Crippen LogP contribution is -2.28. The van der Waals surface area contributed by atoms with Gasteiger partial charge in [0.1, 0.15) is 0 Å². The van der Waals surface area contributed by atoms with E-state index in [0.29, 0.717) is 5.69 Å². The largest absolute Gasteiger partial charge is 0.413 e. The maximum absolute atomic E-state index is 11.8. The Morgan fingerprint density at radius 3 is 2.75 bits per heavy atom. The van der Waals surface area contributed by atoms with Crippen LogP contribution >= 0.6 is 0 Å². The third-order valence-corrected chi connectivity index (χ3v) is 3.11. The molecule has 0 fully saturated rings. The van der Waals surface area contributed by atoms with Gasteiger partial charge in [0.25, 0.3) is 0 Å². The smallest absolute Gasteiger partial charge is 0.404 e. The van der Waals surface area contributed by atoms with E-state index in [1.807, 2.05) is 6.07 Å². The van der Waals surface area contributed by atoms with Crippen LogP contribution in [0.15, 0.2) is 59.9 Å². The summed E-state index contributed by atoms with van der Waals surface area (Å²) < 4.78 is 5.06. The van der Waals surface area contributed by atoms with Gasteiger partial charge in [0.15, 0.2) is 0 Å². The van der Waals surface area contributed by atoms with Gasteiger partial charge in [0, 0.05) is 43.0 Å². The number of ether oxygens (including phenoxy) is 1. The van der Waals surface area contributed by atoms with Crippen molar-refractivity contribution in [2.75, 3.05) is 0 Å². The third-order valence-electron chi connectivity index (χ3n) is 3.11. The van der Waals surface area contributed by atoms with Crippen LogP contribution in [0.4, 0.5) is 4.79 Å². The number of hydrogen-bond acceptors (Lipinski definition) is 6. The van der Waals surface area contributed by atoms with E-state index in [1.54, 1.807) is 43.0 Å². The van der Waals surface area contributed by atoms with Crippen molar-refractivity contribution in [2.45, 2.75) is 6.54 Å². The van der Waals surface area contributed by atoms with Crippen molar-refractivity contribution in [3.63, 3.8) is 0 Å². The van der Waals surface area contributed by atoms with Gasteiger partial charge in [0.05, 0.1) is 5.69 Å². The summed E-state index contributed by atoms with van der Waals surface area (Å²) in [5.74, 6) is -0.138. The first kappa shape index (κ1) is 15.3. The van der Waals surface area contributed by atoms with Crippen molar-refractivity contribution >= 4 is 6.09 Å². The highest BCUT2D eigenvalue weighted by molar-refractivity contribution is 5.71. The highest BCUT2D eigenvalue weighted by Gasteiger charge is 2.11. The zero-order valence-corrected chi connectivity index (χ0v) is 12.5. The number of nitrogens with one attached hydrogen (secondary N) is 2. The van der Waals surface area contributed by atoms with Gasteiger partial charge in [-0.25, -0.2) is 9.89 Å². The van der Waals surface area contributed by atoms with Crippen molar-refractivity contribution in [1.82, 2.24) is 25.5 Å². The van der Waals surface area contributed by atoms with E-state index in [-0.39, 0.29) is 12.3 Å². The second-order valence-electron chi connectivity index (χ2n) is 4.79. The summed E-state index contributed by atoms with van der Waals surface area (Å²) in [4.78, 5) is 31.5. The Labute approximate surface area is 136 Å². The van der Waals surface area contributed by atoms with Gasteiger partial charge < -0.3 is 10.1 Å². The van der Waals surface area contributed by atoms with Gasteiger partial charge in [-0.3, -0.25) is 14.8 Å². The molecule has 0 radical (unpaired) electrons. The summed E-state index contributed by atoms with van der Waals surface area (Å²) in [6.45, 7) is 0.243. The number of H-pyrrole nitrogens is 1. The van der Waals surface area contributed by atoms with Crippen molar-refractivity contribution in [3.05, 3.63) is 71.0 Å². The van der Waals surface area contributed by atoms with Crippen LogP contribution in [0.5, 0.6) is 5.75 Å². The summed E-state index contributed by atoms with van der Waals surface area (Å²) in [5, 5.41) is 8.78. The first-order valence-electron chi connectivity index (χ1n) is 7.07. The number of hydrogen-bond donors (Lipinski definition) is 2. The van der Waals surface area contributed by atoms with Crippen LogP contribution < -0.4 is 15.6 Å². The lowest BCUT2D eigenvalue weighted by Gasteiger charge is -2.07. The van der Waals surface area contributed by atoms with Crippen LogP contribution in [-0.4, -0.2) is 26.3 Å². The molecule has 3 heterocycles. The Morgan fingerprint density at radius 2 is 2.00 bits per heavy atom. The van der Waals surface area contributed by atoms with Crippen LogP contribution in [0, 0.1) is 0 Å². The number of pyridine rings is 2. The normalized spacial score (nSPS) is 10.2. The van der Waals surface area contributed by atoms with E-state index in [4.69, 9.17) is 4.74 Å². The van der Waals surface area contributed by atoms with E-state index in [0.717, 1.165) is 11.1 Å². The molecule has 3 aromatic heterocycles. The molecule has 24 heavy (non-hydrogen) atoms. The zero-order valence-electron chi connectivity index (χ0n) is 12.5. The first-order chi connectivity index (χ1) is 11.7. The van der Waals surface area contributed by atoms with Gasteiger partial charge in [-0.15, -0.1) is 0 Å². The van der Waals surface area contributed by atoms with Crippen molar-refractivity contribution < 1.29 is 9.53 Å². The Hall–Kier alpha value is -3.55. The maximum atomic E-state index is 11.8. The van der Waals surface area contributed by atoms with E-state index >= 15 is 0 Å². The number of rotatable bonds is 4. The summed E-state index contributed by atoms with van der Waals surface area (Å²) in [7, 11) is 0. The van der Waals surface area contributed by atoms with Gasteiger partial charge in [-0.2, -0.15) is 5.10 Å². The SMILES string of the molecule is O=C(NCc1cccnc1)Oc1cc(-c2ccncc2)n[nH]c1=O. The molecule has 8 heteroatoms. The molecule has 0 saturated heterocycles. The molecule has 120 valence electrons. The fraction of sp³-hybridized carbons (Fsp3) is 0.0625. The number of aromatic amines is 1. The predicted molar refractivity (Wildman–Crippen MR) is 85.2 cm³/mol. The third kappa shape index (κ3) is 3.80. The fourth-order valence-corrected chi connectivity index (χ4v) is 1.95. The fourth-order valence-electron chi connectivity index (χ4n) is 1.95. The van der Waals surface area contributed by atoms with Gasteiger partial charge in [0.2, 0.25) is 5.75 Å². The van der Waals surface area contributed by atoms with Crippen LogP contribution in [0.3, 0.4) is 0 Å².